The van der Waals surface area contributed by atoms with E-state index < -0.39 is 0 Å². The minimum atomic E-state index is 0.162. The number of benzene rings is 2. The molecule has 1 saturated heterocycles. The van der Waals surface area contributed by atoms with Crippen LogP contribution in [0.25, 0.3) is 0 Å². The normalized spacial score (nSPS) is 14.2. The molecule has 0 aromatic heterocycles. The highest BCUT2D eigenvalue weighted by molar-refractivity contribution is 5.76. The first-order valence-corrected chi connectivity index (χ1v) is 9.43. The van der Waals surface area contributed by atoms with Gasteiger partial charge >= 0.3 is 0 Å². The molecule has 1 amide bonds. The fraction of sp³-hybridized carbons (Fsp3) is 0.409. The summed E-state index contributed by atoms with van der Waals surface area (Å²) in [5.41, 5.74) is 3.43. The molecule has 1 heterocycles. The van der Waals surface area contributed by atoms with E-state index in [0.29, 0.717) is 13.0 Å². The predicted octanol–water partition coefficient (Wildman–Crippen LogP) is 3.43. The molecule has 0 bridgehead atoms. The van der Waals surface area contributed by atoms with Gasteiger partial charge in [0.1, 0.15) is 11.5 Å². The molecular formula is C22H28N2O3. The van der Waals surface area contributed by atoms with Crippen LogP contribution < -0.4 is 14.4 Å². The van der Waals surface area contributed by atoms with Crippen LogP contribution in [0, 0.1) is 13.8 Å². The van der Waals surface area contributed by atoms with Crippen LogP contribution in [0.1, 0.15) is 17.5 Å². The summed E-state index contributed by atoms with van der Waals surface area (Å²) in [7, 11) is 1.67. The Morgan fingerprint density at radius 2 is 1.70 bits per heavy atom. The van der Waals surface area contributed by atoms with Gasteiger partial charge in [-0.25, -0.2) is 0 Å². The van der Waals surface area contributed by atoms with Gasteiger partial charge in [0, 0.05) is 31.9 Å². The first-order valence-electron chi connectivity index (χ1n) is 9.43. The number of ether oxygens (including phenoxy) is 2. The van der Waals surface area contributed by atoms with E-state index in [2.05, 4.69) is 23.1 Å². The van der Waals surface area contributed by atoms with E-state index in [1.54, 1.807) is 7.11 Å². The molecule has 0 atom stereocenters. The molecule has 144 valence electrons. The highest BCUT2D eigenvalue weighted by Crippen LogP contribution is 2.21. The smallest absolute Gasteiger partial charge is 0.226 e. The average molecular weight is 368 g/mol. The molecule has 5 nitrogen and oxygen atoms in total. The van der Waals surface area contributed by atoms with Gasteiger partial charge in [-0.15, -0.1) is 0 Å². The van der Waals surface area contributed by atoms with E-state index in [0.717, 1.165) is 48.8 Å². The zero-order valence-corrected chi connectivity index (χ0v) is 16.4. The Bertz CT molecular complexity index is 766. The van der Waals surface area contributed by atoms with E-state index in [-0.39, 0.29) is 5.91 Å². The van der Waals surface area contributed by atoms with Crippen molar-refractivity contribution >= 4 is 11.6 Å². The maximum atomic E-state index is 12.5. The Morgan fingerprint density at radius 1 is 1.00 bits per heavy atom. The van der Waals surface area contributed by atoms with E-state index >= 15 is 0 Å². The van der Waals surface area contributed by atoms with Gasteiger partial charge in [-0.1, -0.05) is 12.1 Å². The molecule has 1 aliphatic rings. The SMILES string of the molecule is COc1ccc(N2CCN(C(=O)CCOc3cc(C)ccc3C)CC2)cc1. The number of carbonyl (C=O) groups excluding carboxylic acids is 1. The Labute approximate surface area is 161 Å². The molecule has 0 N–H and O–H groups in total. The Kier molecular flexibility index (Phi) is 6.22. The number of amides is 1. The lowest BCUT2D eigenvalue weighted by Gasteiger charge is -2.36. The molecule has 1 fully saturated rings. The van der Waals surface area contributed by atoms with Crippen molar-refractivity contribution in [3.8, 4) is 11.5 Å². The standard InChI is InChI=1S/C22H28N2O3/c1-17-4-5-18(2)21(16-17)27-15-10-22(25)24-13-11-23(12-14-24)19-6-8-20(26-3)9-7-19/h4-9,16H,10-15H2,1-3H3. The predicted molar refractivity (Wildman–Crippen MR) is 108 cm³/mol. The molecule has 2 aromatic rings. The van der Waals surface area contributed by atoms with Crippen LogP contribution in [-0.4, -0.2) is 50.7 Å². The van der Waals surface area contributed by atoms with Crippen molar-refractivity contribution in [1.82, 2.24) is 4.90 Å². The lowest BCUT2D eigenvalue weighted by molar-refractivity contribution is -0.132. The van der Waals surface area contributed by atoms with Gasteiger partial charge in [-0.05, 0) is 55.3 Å². The maximum Gasteiger partial charge on any atom is 0.226 e. The molecule has 3 rings (SSSR count). The first kappa shape index (κ1) is 19.1. The summed E-state index contributed by atoms with van der Waals surface area (Å²) >= 11 is 0. The number of piperazine rings is 1. The fourth-order valence-electron chi connectivity index (χ4n) is 3.28. The van der Waals surface area contributed by atoms with Crippen LogP contribution in [0.4, 0.5) is 5.69 Å². The zero-order chi connectivity index (χ0) is 19.2. The van der Waals surface area contributed by atoms with E-state index in [4.69, 9.17) is 9.47 Å². The van der Waals surface area contributed by atoms with Gasteiger partial charge in [0.2, 0.25) is 5.91 Å². The molecule has 2 aromatic carbocycles. The second-order valence-electron chi connectivity index (χ2n) is 6.93. The van der Waals surface area contributed by atoms with Crippen LogP contribution in [-0.2, 0) is 4.79 Å². The van der Waals surface area contributed by atoms with Crippen molar-refractivity contribution in [2.24, 2.45) is 0 Å². The number of hydrogen-bond donors (Lipinski definition) is 0. The molecule has 0 aliphatic carbocycles. The molecule has 0 spiro atoms. The van der Waals surface area contributed by atoms with Crippen LogP contribution >= 0.6 is 0 Å². The minimum Gasteiger partial charge on any atom is -0.497 e. The summed E-state index contributed by atoms with van der Waals surface area (Å²) in [6.45, 7) is 7.66. The van der Waals surface area contributed by atoms with Crippen molar-refractivity contribution in [1.29, 1.82) is 0 Å². The maximum absolute atomic E-state index is 12.5. The molecule has 5 heteroatoms. The van der Waals surface area contributed by atoms with Crippen molar-refractivity contribution in [2.75, 3.05) is 44.8 Å². The van der Waals surface area contributed by atoms with Gasteiger partial charge in [0.25, 0.3) is 0 Å². The lowest BCUT2D eigenvalue weighted by Crippen LogP contribution is -2.49. The van der Waals surface area contributed by atoms with E-state index in [1.165, 1.54) is 5.69 Å². The summed E-state index contributed by atoms with van der Waals surface area (Å²) < 4.78 is 11.0. The number of hydrogen-bond acceptors (Lipinski definition) is 4. The van der Waals surface area contributed by atoms with Crippen LogP contribution in [0.3, 0.4) is 0 Å². The summed E-state index contributed by atoms with van der Waals surface area (Å²) in [5, 5.41) is 0. The van der Waals surface area contributed by atoms with Crippen LogP contribution in [0.2, 0.25) is 0 Å². The lowest BCUT2D eigenvalue weighted by atomic mass is 10.1. The molecular weight excluding hydrogens is 340 g/mol. The third-order valence-corrected chi connectivity index (χ3v) is 4.99. The van der Waals surface area contributed by atoms with Gasteiger partial charge in [0.05, 0.1) is 20.1 Å². The number of rotatable bonds is 6. The highest BCUT2D eigenvalue weighted by Gasteiger charge is 2.21. The number of nitrogens with zero attached hydrogens (tertiary/aromatic N) is 2. The minimum absolute atomic E-state index is 0.162. The molecule has 1 aliphatic heterocycles. The second kappa shape index (κ2) is 8.80. The summed E-state index contributed by atoms with van der Waals surface area (Å²) in [6.07, 6.45) is 0.413. The van der Waals surface area contributed by atoms with Crippen molar-refractivity contribution in [3.05, 3.63) is 53.6 Å². The monoisotopic (exact) mass is 368 g/mol. The number of aryl methyl sites for hydroxylation is 2. The van der Waals surface area contributed by atoms with E-state index in [1.807, 2.05) is 43.0 Å². The van der Waals surface area contributed by atoms with Gasteiger partial charge in [-0.2, -0.15) is 0 Å². The Hall–Kier alpha value is -2.69. The van der Waals surface area contributed by atoms with Crippen LogP contribution in [0.5, 0.6) is 11.5 Å². The van der Waals surface area contributed by atoms with Crippen molar-refractivity contribution in [3.63, 3.8) is 0 Å². The number of methoxy groups -OCH3 is 1. The summed E-state index contributed by atoms with van der Waals surface area (Å²) in [4.78, 5) is 16.7. The average Bonchev–Trinajstić information content (AvgIpc) is 2.70. The molecule has 27 heavy (non-hydrogen) atoms. The van der Waals surface area contributed by atoms with E-state index in [9.17, 15) is 4.79 Å². The van der Waals surface area contributed by atoms with Gasteiger partial charge in [0.15, 0.2) is 0 Å². The summed E-state index contributed by atoms with van der Waals surface area (Å²) in [5.74, 6) is 1.89. The summed E-state index contributed by atoms with van der Waals surface area (Å²) in [6, 6.07) is 14.2. The Balaban J connectivity index is 1.44. The van der Waals surface area contributed by atoms with Gasteiger partial charge < -0.3 is 19.3 Å². The van der Waals surface area contributed by atoms with Crippen molar-refractivity contribution in [2.45, 2.75) is 20.3 Å². The van der Waals surface area contributed by atoms with Gasteiger partial charge in [-0.3, -0.25) is 4.79 Å². The third-order valence-electron chi connectivity index (χ3n) is 4.99. The quantitative estimate of drug-likeness (QED) is 0.783. The fourth-order valence-corrected chi connectivity index (χ4v) is 3.28. The number of carbonyl (C=O) groups is 1. The third kappa shape index (κ3) is 4.94. The largest absolute Gasteiger partial charge is 0.497 e. The topological polar surface area (TPSA) is 42.0 Å². The van der Waals surface area contributed by atoms with Crippen LogP contribution in [0.15, 0.2) is 42.5 Å². The molecule has 0 unspecified atom stereocenters. The number of anilines is 1. The highest BCUT2D eigenvalue weighted by atomic mass is 16.5. The Morgan fingerprint density at radius 3 is 2.37 bits per heavy atom. The molecule has 0 radical (unpaired) electrons. The molecule has 0 saturated carbocycles. The zero-order valence-electron chi connectivity index (χ0n) is 16.4. The van der Waals surface area contributed by atoms with Crippen molar-refractivity contribution < 1.29 is 14.3 Å². The first-order chi connectivity index (χ1) is 13.1. The second-order valence-corrected chi connectivity index (χ2v) is 6.93.